The molecule has 0 aliphatic carbocycles. The Kier molecular flexibility index (Phi) is 18.5. The van der Waals surface area contributed by atoms with Crippen molar-refractivity contribution in [3.63, 3.8) is 0 Å². The van der Waals surface area contributed by atoms with Gasteiger partial charge >= 0.3 is 0 Å². The van der Waals surface area contributed by atoms with Crippen LogP contribution < -0.4 is 0 Å². The summed E-state index contributed by atoms with van der Waals surface area (Å²) in [5.74, 6) is 0. The summed E-state index contributed by atoms with van der Waals surface area (Å²) in [6.45, 7) is 5.26. The molecule has 1 nitrogen and oxygen atoms in total. The maximum atomic E-state index is 6.89. The summed E-state index contributed by atoms with van der Waals surface area (Å²) in [6, 6.07) is 10.3. The average Bonchev–Trinajstić information content (AvgIpc) is 2.80. The van der Waals surface area contributed by atoms with E-state index in [1.165, 1.54) is 96.3 Å². The van der Waals surface area contributed by atoms with Gasteiger partial charge in [-0.2, -0.15) is 0 Å². The number of hydrogen-bond acceptors (Lipinski definition) is 1. The number of ether oxygens (including phenoxy) is 1. The number of alkyl halides is 1. The molecule has 0 bridgehead atoms. The number of halogens is 1. The molecule has 0 spiro atoms. The standard InChI is InChI=1S/C29H51ClO/c1-3-5-7-8-9-10-11-12-13-14-15-16-17-18-19-23-27-31-29(30,26-6-4-2)28-24-21-20-22-25-28/h20-22,24-25H,3-19,23,26-27H2,1-2H3. The molecule has 31 heavy (non-hydrogen) atoms. The second kappa shape index (κ2) is 20.1. The van der Waals surface area contributed by atoms with E-state index in [0.717, 1.165) is 37.9 Å². The zero-order valence-electron chi connectivity index (χ0n) is 20.8. The fraction of sp³-hybridized carbons (Fsp3) is 0.793. The van der Waals surface area contributed by atoms with E-state index >= 15 is 0 Å². The van der Waals surface area contributed by atoms with Crippen LogP contribution in [0.15, 0.2) is 30.3 Å². The van der Waals surface area contributed by atoms with Crippen molar-refractivity contribution in [1.82, 2.24) is 0 Å². The van der Waals surface area contributed by atoms with Crippen LogP contribution in [-0.4, -0.2) is 6.61 Å². The lowest BCUT2D eigenvalue weighted by Gasteiger charge is -2.28. The largest absolute Gasteiger partial charge is 0.356 e. The van der Waals surface area contributed by atoms with Crippen LogP contribution in [0.2, 0.25) is 0 Å². The molecule has 0 amide bonds. The Hall–Kier alpha value is -0.530. The van der Waals surface area contributed by atoms with Crippen LogP contribution in [0.4, 0.5) is 0 Å². The Morgan fingerprint density at radius 2 is 1.00 bits per heavy atom. The van der Waals surface area contributed by atoms with Crippen LogP contribution >= 0.6 is 11.6 Å². The van der Waals surface area contributed by atoms with Gasteiger partial charge in [0, 0.05) is 6.61 Å². The van der Waals surface area contributed by atoms with Gasteiger partial charge in [-0.15, -0.1) is 0 Å². The Morgan fingerprint density at radius 1 is 0.581 bits per heavy atom. The highest BCUT2D eigenvalue weighted by Crippen LogP contribution is 2.36. The lowest BCUT2D eigenvalue weighted by Crippen LogP contribution is -2.23. The zero-order valence-corrected chi connectivity index (χ0v) is 21.6. The van der Waals surface area contributed by atoms with Crippen LogP contribution in [0.25, 0.3) is 0 Å². The molecule has 0 fully saturated rings. The summed E-state index contributed by atoms with van der Waals surface area (Å²) < 4.78 is 6.20. The van der Waals surface area contributed by atoms with Crippen LogP contribution in [-0.2, 0) is 9.80 Å². The molecule has 0 N–H and O–H groups in total. The van der Waals surface area contributed by atoms with Crippen molar-refractivity contribution in [2.75, 3.05) is 6.61 Å². The predicted octanol–water partition coefficient (Wildman–Crippen LogP) is 10.5. The van der Waals surface area contributed by atoms with Crippen LogP contribution in [0.1, 0.15) is 141 Å². The first kappa shape index (κ1) is 28.5. The molecule has 1 rings (SSSR count). The second-order valence-electron chi connectivity index (χ2n) is 9.35. The number of benzene rings is 1. The molecular formula is C29H51ClO. The third kappa shape index (κ3) is 15.0. The lowest BCUT2D eigenvalue weighted by atomic mass is 10.0. The summed E-state index contributed by atoms with van der Waals surface area (Å²) >= 11 is 6.89. The van der Waals surface area contributed by atoms with Gasteiger partial charge < -0.3 is 4.74 Å². The van der Waals surface area contributed by atoms with Crippen molar-refractivity contribution in [3.05, 3.63) is 35.9 Å². The van der Waals surface area contributed by atoms with Crippen LogP contribution in [0.3, 0.4) is 0 Å². The molecule has 2 heteroatoms. The Balaban J connectivity index is 1.95. The van der Waals surface area contributed by atoms with Gasteiger partial charge in [0.2, 0.25) is 0 Å². The van der Waals surface area contributed by atoms with E-state index in [0.29, 0.717) is 0 Å². The monoisotopic (exact) mass is 450 g/mol. The molecule has 180 valence electrons. The number of hydrogen-bond donors (Lipinski definition) is 0. The van der Waals surface area contributed by atoms with Gasteiger partial charge in [0.05, 0.1) is 0 Å². The minimum atomic E-state index is -0.646. The summed E-state index contributed by atoms with van der Waals surface area (Å²) in [5, 5.41) is -0.646. The molecule has 0 aliphatic heterocycles. The molecule has 1 unspecified atom stereocenters. The van der Waals surface area contributed by atoms with Gasteiger partial charge in [-0.25, -0.2) is 0 Å². The van der Waals surface area contributed by atoms with E-state index in [1.807, 2.05) is 6.07 Å². The molecule has 0 saturated carbocycles. The van der Waals surface area contributed by atoms with Crippen molar-refractivity contribution < 1.29 is 4.74 Å². The van der Waals surface area contributed by atoms with Gasteiger partial charge in [0.15, 0.2) is 5.06 Å². The zero-order chi connectivity index (χ0) is 22.5. The van der Waals surface area contributed by atoms with Crippen molar-refractivity contribution >= 4 is 11.6 Å². The van der Waals surface area contributed by atoms with E-state index in [1.54, 1.807) is 0 Å². The molecule has 0 aliphatic rings. The van der Waals surface area contributed by atoms with Gasteiger partial charge in [0.25, 0.3) is 0 Å². The lowest BCUT2D eigenvalue weighted by molar-refractivity contribution is 0.00619. The molecular weight excluding hydrogens is 400 g/mol. The first-order valence-electron chi connectivity index (χ1n) is 13.6. The topological polar surface area (TPSA) is 9.23 Å². The fourth-order valence-corrected chi connectivity index (χ4v) is 4.61. The summed E-state index contributed by atoms with van der Waals surface area (Å²) in [6.07, 6.45) is 25.4. The first-order chi connectivity index (χ1) is 15.2. The number of unbranched alkanes of at least 4 members (excludes halogenated alkanes) is 16. The molecule has 1 aromatic carbocycles. The highest BCUT2D eigenvalue weighted by atomic mass is 35.5. The van der Waals surface area contributed by atoms with E-state index in [-0.39, 0.29) is 0 Å². The van der Waals surface area contributed by atoms with Crippen molar-refractivity contribution in [2.24, 2.45) is 0 Å². The van der Waals surface area contributed by atoms with E-state index < -0.39 is 5.06 Å². The minimum absolute atomic E-state index is 0.646. The van der Waals surface area contributed by atoms with Crippen molar-refractivity contribution in [1.29, 1.82) is 0 Å². The quantitative estimate of drug-likeness (QED) is 0.126. The first-order valence-corrected chi connectivity index (χ1v) is 14.0. The third-order valence-electron chi connectivity index (χ3n) is 6.39. The third-order valence-corrected chi connectivity index (χ3v) is 6.90. The molecule has 0 heterocycles. The highest BCUT2D eigenvalue weighted by Gasteiger charge is 2.29. The van der Waals surface area contributed by atoms with Gasteiger partial charge in [0.1, 0.15) is 0 Å². The van der Waals surface area contributed by atoms with Gasteiger partial charge in [-0.05, 0) is 24.8 Å². The molecule has 1 atom stereocenters. The molecule has 0 saturated heterocycles. The Bertz CT molecular complexity index is 489. The predicted molar refractivity (Wildman–Crippen MR) is 139 cm³/mol. The van der Waals surface area contributed by atoms with Crippen molar-refractivity contribution in [3.8, 4) is 0 Å². The second-order valence-corrected chi connectivity index (χ2v) is 9.96. The normalized spacial score (nSPS) is 13.4. The van der Waals surface area contributed by atoms with Gasteiger partial charge in [-0.1, -0.05) is 159 Å². The number of rotatable bonds is 22. The molecule has 0 aromatic heterocycles. The summed E-state index contributed by atoms with van der Waals surface area (Å²) in [5.41, 5.74) is 1.10. The van der Waals surface area contributed by atoms with E-state index in [9.17, 15) is 0 Å². The highest BCUT2D eigenvalue weighted by molar-refractivity contribution is 6.23. The van der Waals surface area contributed by atoms with Crippen molar-refractivity contribution in [2.45, 2.75) is 141 Å². The summed E-state index contributed by atoms with van der Waals surface area (Å²) in [7, 11) is 0. The molecule has 0 radical (unpaired) electrons. The van der Waals surface area contributed by atoms with E-state index in [2.05, 4.69) is 38.1 Å². The summed E-state index contributed by atoms with van der Waals surface area (Å²) in [4.78, 5) is 0. The smallest absolute Gasteiger partial charge is 0.167 e. The Morgan fingerprint density at radius 3 is 1.45 bits per heavy atom. The average molecular weight is 451 g/mol. The maximum Gasteiger partial charge on any atom is 0.167 e. The van der Waals surface area contributed by atoms with E-state index in [4.69, 9.17) is 16.3 Å². The molecule has 1 aromatic rings. The van der Waals surface area contributed by atoms with Crippen LogP contribution in [0.5, 0.6) is 0 Å². The van der Waals surface area contributed by atoms with Gasteiger partial charge in [-0.3, -0.25) is 0 Å². The van der Waals surface area contributed by atoms with Crippen LogP contribution in [0, 0.1) is 0 Å². The SMILES string of the molecule is CCCCCCCCCCCCCCCCCCOC(Cl)(CCCC)c1ccccc1. The Labute approximate surface area is 199 Å². The maximum absolute atomic E-state index is 6.89. The fourth-order valence-electron chi connectivity index (χ4n) is 4.28. The minimum Gasteiger partial charge on any atom is -0.356 e.